The highest BCUT2D eigenvalue weighted by atomic mass is 15.2. The quantitative estimate of drug-likeness (QED) is 0.788. The van der Waals surface area contributed by atoms with Gasteiger partial charge >= 0.3 is 0 Å². The van der Waals surface area contributed by atoms with Crippen LogP contribution in [0.25, 0.3) is 0 Å². The van der Waals surface area contributed by atoms with Gasteiger partial charge in [0.25, 0.3) is 0 Å². The molecule has 1 aliphatic rings. The van der Waals surface area contributed by atoms with Crippen molar-refractivity contribution in [1.29, 1.82) is 0 Å². The van der Waals surface area contributed by atoms with Crippen LogP contribution in [0, 0.1) is 0 Å². The molecule has 1 aliphatic heterocycles. The summed E-state index contributed by atoms with van der Waals surface area (Å²) in [4.78, 5) is 10.8. The van der Waals surface area contributed by atoms with Gasteiger partial charge < -0.3 is 16.0 Å². The van der Waals surface area contributed by atoms with Crippen molar-refractivity contribution in [3.8, 4) is 0 Å². The fraction of sp³-hybridized carbons (Fsp3) is 0.636. The molecule has 0 spiro atoms. The molecule has 88 valence electrons. The summed E-state index contributed by atoms with van der Waals surface area (Å²) in [7, 11) is 0. The average molecular weight is 221 g/mol. The molecule has 0 bridgehead atoms. The predicted octanol–water partition coefficient (Wildman–Crippen LogP) is 0.837. The van der Waals surface area contributed by atoms with Gasteiger partial charge in [0.05, 0.1) is 0 Å². The van der Waals surface area contributed by atoms with Gasteiger partial charge in [0.1, 0.15) is 18.0 Å². The topological polar surface area (TPSA) is 67.1 Å². The first-order valence-electron chi connectivity index (χ1n) is 5.91. The van der Waals surface area contributed by atoms with Crippen molar-refractivity contribution < 1.29 is 0 Å². The van der Waals surface area contributed by atoms with Crippen LogP contribution >= 0.6 is 0 Å². The minimum absolute atomic E-state index is 0.614. The molecular weight excluding hydrogens is 202 g/mol. The number of nitrogens with zero attached hydrogens (tertiary/aromatic N) is 3. The first-order chi connectivity index (χ1) is 7.90. The average Bonchev–Trinajstić information content (AvgIpc) is 2.38. The Kier molecular flexibility index (Phi) is 3.93. The van der Waals surface area contributed by atoms with Crippen molar-refractivity contribution in [2.75, 3.05) is 36.4 Å². The number of aromatic nitrogens is 2. The summed E-state index contributed by atoms with van der Waals surface area (Å²) < 4.78 is 0. The summed E-state index contributed by atoms with van der Waals surface area (Å²) in [5, 5.41) is 3.17. The fourth-order valence-electron chi connectivity index (χ4n) is 1.94. The van der Waals surface area contributed by atoms with Gasteiger partial charge in [-0.05, 0) is 19.3 Å². The number of hydrogen-bond acceptors (Lipinski definition) is 5. The van der Waals surface area contributed by atoms with E-state index in [-0.39, 0.29) is 0 Å². The molecule has 0 atom stereocenters. The van der Waals surface area contributed by atoms with E-state index in [2.05, 4.69) is 20.2 Å². The van der Waals surface area contributed by atoms with Gasteiger partial charge in [-0.3, -0.25) is 0 Å². The van der Waals surface area contributed by atoms with Crippen molar-refractivity contribution in [2.24, 2.45) is 5.73 Å². The molecule has 5 heteroatoms. The van der Waals surface area contributed by atoms with Gasteiger partial charge in [-0.2, -0.15) is 0 Å². The second-order valence-electron chi connectivity index (χ2n) is 4.02. The van der Waals surface area contributed by atoms with E-state index in [1.807, 2.05) is 6.07 Å². The Morgan fingerprint density at radius 2 is 2.06 bits per heavy atom. The molecule has 1 saturated heterocycles. The molecule has 16 heavy (non-hydrogen) atoms. The molecular formula is C11H19N5. The molecule has 0 aromatic carbocycles. The zero-order chi connectivity index (χ0) is 11.2. The molecule has 0 saturated carbocycles. The van der Waals surface area contributed by atoms with Crippen molar-refractivity contribution in [3.63, 3.8) is 0 Å². The highest BCUT2D eigenvalue weighted by Crippen LogP contribution is 2.18. The Hall–Kier alpha value is -1.36. The fourth-order valence-corrected chi connectivity index (χ4v) is 1.94. The molecule has 0 unspecified atom stereocenters. The normalized spacial score (nSPS) is 16.2. The predicted molar refractivity (Wildman–Crippen MR) is 65.6 cm³/mol. The van der Waals surface area contributed by atoms with Crippen LogP contribution in [0.4, 0.5) is 11.6 Å². The van der Waals surface area contributed by atoms with Crippen LogP contribution in [0.2, 0.25) is 0 Å². The SMILES string of the molecule is NCCNc1cc(N2CCCCC2)ncn1. The maximum Gasteiger partial charge on any atom is 0.134 e. The Labute approximate surface area is 96.1 Å². The third-order valence-corrected chi connectivity index (χ3v) is 2.78. The molecule has 3 N–H and O–H groups in total. The van der Waals surface area contributed by atoms with Crippen LogP contribution in [0.3, 0.4) is 0 Å². The zero-order valence-corrected chi connectivity index (χ0v) is 9.52. The maximum atomic E-state index is 5.44. The minimum atomic E-state index is 0.614. The second-order valence-corrected chi connectivity index (χ2v) is 4.02. The van der Waals surface area contributed by atoms with Crippen LogP contribution in [0.15, 0.2) is 12.4 Å². The molecule has 0 amide bonds. The zero-order valence-electron chi connectivity index (χ0n) is 9.52. The van der Waals surface area contributed by atoms with Gasteiger partial charge in [0.2, 0.25) is 0 Å². The van der Waals surface area contributed by atoms with E-state index < -0.39 is 0 Å². The van der Waals surface area contributed by atoms with Crippen molar-refractivity contribution in [3.05, 3.63) is 12.4 Å². The van der Waals surface area contributed by atoms with E-state index >= 15 is 0 Å². The third kappa shape index (κ3) is 2.82. The van der Waals surface area contributed by atoms with E-state index in [9.17, 15) is 0 Å². The van der Waals surface area contributed by atoms with E-state index in [0.29, 0.717) is 6.54 Å². The lowest BCUT2D eigenvalue weighted by Crippen LogP contribution is -2.30. The summed E-state index contributed by atoms with van der Waals surface area (Å²) in [6.07, 6.45) is 5.47. The lowest BCUT2D eigenvalue weighted by atomic mass is 10.1. The van der Waals surface area contributed by atoms with Gasteiger partial charge in [0, 0.05) is 32.2 Å². The Bertz CT molecular complexity index is 322. The molecule has 1 fully saturated rings. The number of anilines is 2. The van der Waals surface area contributed by atoms with E-state index in [0.717, 1.165) is 31.3 Å². The molecule has 0 radical (unpaired) electrons. The molecule has 0 aliphatic carbocycles. The lowest BCUT2D eigenvalue weighted by Gasteiger charge is -2.27. The van der Waals surface area contributed by atoms with Crippen molar-refractivity contribution in [2.45, 2.75) is 19.3 Å². The first-order valence-corrected chi connectivity index (χ1v) is 5.91. The van der Waals surface area contributed by atoms with E-state index in [1.165, 1.54) is 19.3 Å². The Balaban J connectivity index is 2.02. The number of hydrogen-bond donors (Lipinski definition) is 2. The van der Waals surface area contributed by atoms with Crippen molar-refractivity contribution >= 4 is 11.6 Å². The van der Waals surface area contributed by atoms with Crippen LogP contribution in [0.5, 0.6) is 0 Å². The van der Waals surface area contributed by atoms with E-state index in [1.54, 1.807) is 6.33 Å². The van der Waals surface area contributed by atoms with Gasteiger partial charge in [-0.1, -0.05) is 0 Å². The van der Waals surface area contributed by atoms with Gasteiger partial charge in [-0.15, -0.1) is 0 Å². The van der Waals surface area contributed by atoms with Gasteiger partial charge in [0.15, 0.2) is 0 Å². The number of piperidine rings is 1. The van der Waals surface area contributed by atoms with Crippen LogP contribution < -0.4 is 16.0 Å². The first kappa shape index (κ1) is 11.1. The number of nitrogens with two attached hydrogens (primary N) is 1. The van der Waals surface area contributed by atoms with Crippen LogP contribution in [-0.4, -0.2) is 36.1 Å². The summed E-state index contributed by atoms with van der Waals surface area (Å²) in [5.41, 5.74) is 5.44. The molecule has 2 heterocycles. The van der Waals surface area contributed by atoms with Gasteiger partial charge in [-0.25, -0.2) is 9.97 Å². The molecule has 2 rings (SSSR count). The standard InChI is InChI=1S/C11H19N5/c12-4-5-13-10-8-11(15-9-14-10)16-6-2-1-3-7-16/h8-9H,1-7,12H2,(H,13,14,15). The highest BCUT2D eigenvalue weighted by molar-refractivity contribution is 5.48. The van der Waals surface area contributed by atoms with Crippen molar-refractivity contribution in [1.82, 2.24) is 9.97 Å². The maximum absolute atomic E-state index is 5.44. The molecule has 5 nitrogen and oxygen atoms in total. The molecule has 1 aromatic heterocycles. The van der Waals surface area contributed by atoms with E-state index in [4.69, 9.17) is 5.73 Å². The molecule has 1 aromatic rings. The lowest BCUT2D eigenvalue weighted by molar-refractivity contribution is 0.573. The number of rotatable bonds is 4. The minimum Gasteiger partial charge on any atom is -0.369 e. The summed E-state index contributed by atoms with van der Waals surface area (Å²) in [6, 6.07) is 2.00. The Morgan fingerprint density at radius 1 is 1.25 bits per heavy atom. The monoisotopic (exact) mass is 221 g/mol. The summed E-state index contributed by atoms with van der Waals surface area (Å²) >= 11 is 0. The van der Waals surface area contributed by atoms with Crippen LogP contribution in [0.1, 0.15) is 19.3 Å². The smallest absolute Gasteiger partial charge is 0.134 e. The summed E-state index contributed by atoms with van der Waals surface area (Å²) in [6.45, 7) is 3.57. The summed E-state index contributed by atoms with van der Waals surface area (Å²) in [5.74, 6) is 1.88. The second kappa shape index (κ2) is 5.65. The number of nitrogens with one attached hydrogen (secondary N) is 1. The third-order valence-electron chi connectivity index (χ3n) is 2.78. The highest BCUT2D eigenvalue weighted by Gasteiger charge is 2.12. The van der Waals surface area contributed by atoms with Crippen LogP contribution in [-0.2, 0) is 0 Å². The Morgan fingerprint density at radius 3 is 2.81 bits per heavy atom. The largest absolute Gasteiger partial charge is 0.369 e.